The van der Waals surface area contributed by atoms with Crippen LogP contribution in [0.15, 0.2) is 24.3 Å². The van der Waals surface area contributed by atoms with Crippen molar-refractivity contribution in [2.75, 3.05) is 13.1 Å². The summed E-state index contributed by atoms with van der Waals surface area (Å²) < 4.78 is 31.7. The molecule has 0 bridgehead atoms. The Morgan fingerprint density at radius 2 is 1.84 bits per heavy atom. The molecule has 8 heteroatoms. The summed E-state index contributed by atoms with van der Waals surface area (Å²) >= 11 is 5.90. The van der Waals surface area contributed by atoms with Crippen molar-refractivity contribution in [2.24, 2.45) is 0 Å². The van der Waals surface area contributed by atoms with E-state index in [1.165, 1.54) is 6.42 Å². The summed E-state index contributed by atoms with van der Waals surface area (Å²) in [5.74, 6) is -2.01. The molecule has 19 heavy (non-hydrogen) atoms. The van der Waals surface area contributed by atoms with Crippen LogP contribution < -0.4 is 4.84 Å². The Labute approximate surface area is 112 Å². The molecule has 0 atom stereocenters. The van der Waals surface area contributed by atoms with Crippen molar-refractivity contribution < 1.29 is 27.9 Å². The number of hydrogen-bond acceptors (Lipinski definition) is 3. The quantitative estimate of drug-likeness (QED) is 0.912. The zero-order chi connectivity index (χ0) is 14.5. The SMILES string of the molecule is Clc1ccccc1ON1CCC1.O=C(O)C(F)(F)F. The standard InChI is InChI=1S/C9H10ClNO.C2HF3O2/c10-8-4-1-2-5-9(8)12-11-6-3-7-11;3-2(4,5)1(6)7/h1-2,4-5H,3,6-7H2;(H,6,7). The number of carboxylic acid groups (broad SMARTS) is 1. The largest absolute Gasteiger partial charge is 0.490 e. The summed E-state index contributed by atoms with van der Waals surface area (Å²) in [6.07, 6.45) is -3.87. The van der Waals surface area contributed by atoms with Crippen LogP contribution in [-0.2, 0) is 4.79 Å². The maximum absolute atomic E-state index is 10.6. The predicted molar refractivity (Wildman–Crippen MR) is 62.0 cm³/mol. The fourth-order valence-electron chi connectivity index (χ4n) is 1.04. The van der Waals surface area contributed by atoms with Crippen LogP contribution in [0.1, 0.15) is 6.42 Å². The Balaban J connectivity index is 0.000000224. The number of para-hydroxylation sites is 1. The first-order valence-electron chi connectivity index (χ1n) is 5.28. The van der Waals surface area contributed by atoms with E-state index in [0.717, 1.165) is 18.8 Å². The summed E-state index contributed by atoms with van der Waals surface area (Å²) in [5.41, 5.74) is 0. The maximum Gasteiger partial charge on any atom is 0.490 e. The van der Waals surface area contributed by atoms with E-state index in [9.17, 15) is 13.2 Å². The third-order valence-electron chi connectivity index (χ3n) is 2.12. The molecule has 1 fully saturated rings. The zero-order valence-corrected chi connectivity index (χ0v) is 10.4. The molecule has 106 valence electrons. The van der Waals surface area contributed by atoms with Crippen molar-refractivity contribution in [3.8, 4) is 5.75 Å². The van der Waals surface area contributed by atoms with Crippen LogP contribution in [0.2, 0.25) is 5.02 Å². The molecule has 0 amide bonds. The third-order valence-corrected chi connectivity index (χ3v) is 2.43. The van der Waals surface area contributed by atoms with Gasteiger partial charge in [0.15, 0.2) is 5.75 Å². The molecule has 4 nitrogen and oxygen atoms in total. The second kappa shape index (κ2) is 6.63. The lowest BCUT2D eigenvalue weighted by atomic mass is 10.3. The molecule has 1 heterocycles. The van der Waals surface area contributed by atoms with E-state index in [-0.39, 0.29) is 0 Å². The van der Waals surface area contributed by atoms with Gasteiger partial charge in [-0.2, -0.15) is 13.2 Å². The molecule has 0 radical (unpaired) electrons. The number of nitrogens with zero attached hydrogens (tertiary/aromatic N) is 1. The van der Waals surface area contributed by atoms with E-state index in [2.05, 4.69) is 0 Å². The van der Waals surface area contributed by atoms with Crippen molar-refractivity contribution in [1.82, 2.24) is 5.06 Å². The Bertz CT molecular complexity index is 435. The Morgan fingerprint density at radius 3 is 2.21 bits per heavy atom. The Hall–Kier alpha value is -1.47. The average molecular weight is 298 g/mol. The van der Waals surface area contributed by atoms with Crippen LogP contribution in [0.5, 0.6) is 5.75 Å². The van der Waals surface area contributed by atoms with E-state index in [0.29, 0.717) is 5.02 Å². The van der Waals surface area contributed by atoms with Gasteiger partial charge in [-0.1, -0.05) is 23.7 Å². The zero-order valence-electron chi connectivity index (χ0n) is 9.65. The van der Waals surface area contributed by atoms with Crippen molar-refractivity contribution in [3.63, 3.8) is 0 Å². The molecular formula is C11H11ClF3NO3. The maximum atomic E-state index is 10.6. The highest BCUT2D eigenvalue weighted by molar-refractivity contribution is 6.32. The van der Waals surface area contributed by atoms with Crippen LogP contribution >= 0.6 is 11.6 Å². The van der Waals surface area contributed by atoms with Gasteiger partial charge in [0, 0.05) is 13.1 Å². The summed E-state index contributed by atoms with van der Waals surface area (Å²) in [5, 5.41) is 9.70. The van der Waals surface area contributed by atoms with E-state index in [1.54, 1.807) is 0 Å². The molecule has 0 aromatic heterocycles. The molecule has 1 aromatic carbocycles. The lowest BCUT2D eigenvalue weighted by molar-refractivity contribution is -0.192. The first-order chi connectivity index (χ1) is 8.80. The molecule has 0 spiro atoms. The second-order valence-corrected chi connectivity index (χ2v) is 4.01. The molecule has 1 aliphatic rings. The predicted octanol–water partition coefficient (Wildman–Crippen LogP) is 2.97. The van der Waals surface area contributed by atoms with Gasteiger partial charge < -0.3 is 9.94 Å². The van der Waals surface area contributed by atoms with Gasteiger partial charge in [-0.05, 0) is 18.6 Å². The molecule has 1 N–H and O–H groups in total. The Morgan fingerprint density at radius 1 is 1.32 bits per heavy atom. The fraction of sp³-hybridized carbons (Fsp3) is 0.364. The third kappa shape index (κ3) is 5.35. The second-order valence-electron chi connectivity index (χ2n) is 3.61. The number of aliphatic carboxylic acids is 1. The molecule has 0 unspecified atom stereocenters. The molecule has 1 aliphatic heterocycles. The van der Waals surface area contributed by atoms with Gasteiger partial charge in [-0.3, -0.25) is 0 Å². The number of halogens is 4. The van der Waals surface area contributed by atoms with Crippen LogP contribution in [0.3, 0.4) is 0 Å². The molecule has 1 saturated heterocycles. The van der Waals surface area contributed by atoms with E-state index in [1.807, 2.05) is 29.3 Å². The van der Waals surface area contributed by atoms with Crippen LogP contribution in [0.25, 0.3) is 0 Å². The molecule has 0 saturated carbocycles. The van der Waals surface area contributed by atoms with Crippen LogP contribution in [-0.4, -0.2) is 35.4 Å². The van der Waals surface area contributed by atoms with Crippen LogP contribution in [0.4, 0.5) is 13.2 Å². The van der Waals surface area contributed by atoms with E-state index >= 15 is 0 Å². The van der Waals surface area contributed by atoms with E-state index < -0.39 is 12.1 Å². The monoisotopic (exact) mass is 297 g/mol. The first kappa shape index (κ1) is 15.6. The van der Waals surface area contributed by atoms with Crippen molar-refractivity contribution in [2.45, 2.75) is 12.6 Å². The lowest BCUT2D eigenvalue weighted by Gasteiger charge is -2.29. The number of alkyl halides is 3. The Kier molecular flexibility index (Phi) is 5.44. The van der Waals surface area contributed by atoms with Gasteiger partial charge in [0.05, 0.1) is 5.02 Å². The number of carboxylic acids is 1. The molecule has 1 aromatic rings. The summed E-state index contributed by atoms with van der Waals surface area (Å²) in [7, 11) is 0. The average Bonchev–Trinajstić information content (AvgIpc) is 2.25. The minimum Gasteiger partial charge on any atom is -0.475 e. The number of hydrogen-bond donors (Lipinski definition) is 1. The van der Waals surface area contributed by atoms with Gasteiger partial charge in [0.25, 0.3) is 0 Å². The highest BCUT2D eigenvalue weighted by atomic mass is 35.5. The highest BCUT2D eigenvalue weighted by Gasteiger charge is 2.38. The highest BCUT2D eigenvalue weighted by Crippen LogP contribution is 2.25. The minimum atomic E-state index is -5.08. The molecule has 2 rings (SSSR count). The normalized spacial score (nSPS) is 14.9. The lowest BCUT2D eigenvalue weighted by Crippen LogP contribution is -2.39. The van der Waals surface area contributed by atoms with Crippen molar-refractivity contribution in [1.29, 1.82) is 0 Å². The fourth-order valence-corrected chi connectivity index (χ4v) is 1.21. The molecular weight excluding hydrogens is 287 g/mol. The summed E-state index contributed by atoms with van der Waals surface area (Å²) in [4.78, 5) is 14.4. The van der Waals surface area contributed by atoms with Crippen molar-refractivity contribution >= 4 is 17.6 Å². The number of rotatable bonds is 2. The van der Waals surface area contributed by atoms with Gasteiger partial charge in [0.1, 0.15) is 0 Å². The van der Waals surface area contributed by atoms with Crippen LogP contribution in [0, 0.1) is 0 Å². The van der Waals surface area contributed by atoms with Crippen molar-refractivity contribution in [3.05, 3.63) is 29.3 Å². The number of hydroxylamine groups is 2. The smallest absolute Gasteiger partial charge is 0.475 e. The van der Waals surface area contributed by atoms with Gasteiger partial charge in [0.2, 0.25) is 0 Å². The number of carbonyl (C=O) groups is 1. The molecule has 0 aliphatic carbocycles. The first-order valence-corrected chi connectivity index (χ1v) is 5.66. The summed E-state index contributed by atoms with van der Waals surface area (Å²) in [6, 6.07) is 7.52. The number of benzene rings is 1. The summed E-state index contributed by atoms with van der Waals surface area (Å²) in [6.45, 7) is 2.01. The topological polar surface area (TPSA) is 49.8 Å². The van der Waals surface area contributed by atoms with E-state index in [4.69, 9.17) is 26.3 Å². The minimum absolute atomic E-state index is 0.671. The van der Waals surface area contributed by atoms with Gasteiger partial charge in [-0.25, -0.2) is 4.79 Å². The van der Waals surface area contributed by atoms with Gasteiger partial charge in [-0.15, -0.1) is 5.06 Å². The van der Waals surface area contributed by atoms with Gasteiger partial charge >= 0.3 is 12.1 Å².